The third kappa shape index (κ3) is 4.20. The van der Waals surface area contributed by atoms with Gasteiger partial charge in [0.05, 0.1) is 12.8 Å². The molecule has 0 bridgehead atoms. The van der Waals surface area contributed by atoms with Crippen LogP contribution in [0, 0.1) is 5.92 Å². The Morgan fingerprint density at radius 1 is 1.25 bits per heavy atom. The number of pyridine rings is 1. The average Bonchev–Trinajstić information content (AvgIpc) is 2.50. The number of ether oxygens (including phenoxy) is 1. The summed E-state index contributed by atoms with van der Waals surface area (Å²) in [7, 11) is 0. The van der Waals surface area contributed by atoms with Crippen molar-refractivity contribution in [3.63, 3.8) is 0 Å². The number of hydrogen-bond acceptors (Lipinski definition) is 3. The maximum absolute atomic E-state index is 5.60. The topological polar surface area (TPSA) is 34.2 Å². The molecule has 1 N–H and O–H groups in total. The summed E-state index contributed by atoms with van der Waals surface area (Å²) in [4.78, 5) is 4.36. The first-order valence-electron chi connectivity index (χ1n) is 8.16. The molecule has 20 heavy (non-hydrogen) atoms. The summed E-state index contributed by atoms with van der Waals surface area (Å²) in [6.07, 6.45) is 11.8. The van der Waals surface area contributed by atoms with E-state index in [0.717, 1.165) is 18.2 Å². The maximum atomic E-state index is 5.60. The average molecular weight is 276 g/mol. The first-order chi connectivity index (χ1) is 9.85. The molecular weight excluding hydrogens is 248 g/mol. The van der Waals surface area contributed by atoms with Crippen LogP contribution in [0.3, 0.4) is 0 Å². The van der Waals surface area contributed by atoms with Gasteiger partial charge in [-0.1, -0.05) is 26.2 Å². The van der Waals surface area contributed by atoms with Crippen LogP contribution < -0.4 is 10.1 Å². The van der Waals surface area contributed by atoms with Crippen molar-refractivity contribution in [2.45, 2.75) is 58.4 Å². The van der Waals surface area contributed by atoms with Gasteiger partial charge in [0.1, 0.15) is 5.75 Å². The number of nitrogens with zero attached hydrogens (tertiary/aromatic N) is 1. The van der Waals surface area contributed by atoms with E-state index in [2.05, 4.69) is 23.3 Å². The van der Waals surface area contributed by atoms with E-state index < -0.39 is 0 Å². The zero-order chi connectivity index (χ0) is 14.2. The molecule has 0 spiro atoms. The molecule has 1 saturated carbocycles. The predicted octanol–water partition coefficient (Wildman–Crippen LogP) is 4.10. The van der Waals surface area contributed by atoms with Gasteiger partial charge in [0.15, 0.2) is 0 Å². The van der Waals surface area contributed by atoms with Crippen LogP contribution in [-0.2, 0) is 0 Å². The molecule has 3 nitrogen and oxygen atoms in total. The number of aromatic nitrogens is 1. The first kappa shape index (κ1) is 15.3. The van der Waals surface area contributed by atoms with Crippen LogP contribution >= 0.6 is 0 Å². The molecule has 2 rings (SSSR count). The Balaban J connectivity index is 2.13. The molecule has 0 saturated heterocycles. The molecule has 1 unspecified atom stereocenters. The molecular formula is C17H28N2O. The van der Waals surface area contributed by atoms with E-state index in [-0.39, 0.29) is 0 Å². The fraction of sp³-hybridized carbons (Fsp3) is 0.706. The molecule has 1 fully saturated rings. The quantitative estimate of drug-likeness (QED) is 0.814. The fourth-order valence-corrected chi connectivity index (χ4v) is 3.18. The minimum absolute atomic E-state index is 0.433. The predicted molar refractivity (Wildman–Crippen MR) is 83.0 cm³/mol. The van der Waals surface area contributed by atoms with E-state index in [0.29, 0.717) is 12.6 Å². The molecule has 1 atom stereocenters. The molecule has 0 aliphatic heterocycles. The molecule has 1 aromatic heterocycles. The molecule has 1 aliphatic rings. The highest BCUT2D eigenvalue weighted by Crippen LogP contribution is 2.35. The standard InChI is InChI=1S/C17H28N2O/c1-3-10-19-17(14-8-6-5-7-9-14)15-11-16(20-4-2)13-18-12-15/h11-14,17,19H,3-10H2,1-2H3. The van der Waals surface area contributed by atoms with Crippen LogP contribution in [0.4, 0.5) is 0 Å². The van der Waals surface area contributed by atoms with Crippen molar-refractivity contribution in [2.24, 2.45) is 5.92 Å². The highest BCUT2D eigenvalue weighted by atomic mass is 16.5. The third-order valence-corrected chi connectivity index (χ3v) is 4.14. The van der Waals surface area contributed by atoms with Gasteiger partial charge in [-0.2, -0.15) is 0 Å². The maximum Gasteiger partial charge on any atom is 0.137 e. The Kier molecular flexibility index (Phi) is 6.31. The van der Waals surface area contributed by atoms with Crippen LogP contribution in [0.1, 0.15) is 64.0 Å². The normalized spacial score (nSPS) is 17.9. The first-order valence-corrected chi connectivity index (χ1v) is 8.16. The van der Waals surface area contributed by atoms with Gasteiger partial charge in [-0.3, -0.25) is 4.98 Å². The molecule has 0 aromatic carbocycles. The third-order valence-electron chi connectivity index (χ3n) is 4.14. The van der Waals surface area contributed by atoms with E-state index in [9.17, 15) is 0 Å². The lowest BCUT2D eigenvalue weighted by molar-refractivity contribution is 0.270. The lowest BCUT2D eigenvalue weighted by Crippen LogP contribution is -2.30. The largest absolute Gasteiger partial charge is 0.492 e. The van der Waals surface area contributed by atoms with Crippen molar-refractivity contribution in [3.8, 4) is 5.75 Å². The van der Waals surface area contributed by atoms with Crippen LogP contribution in [0.15, 0.2) is 18.5 Å². The summed E-state index contributed by atoms with van der Waals surface area (Å²) in [5.74, 6) is 1.64. The highest BCUT2D eigenvalue weighted by molar-refractivity contribution is 5.26. The van der Waals surface area contributed by atoms with Gasteiger partial charge in [0.25, 0.3) is 0 Å². The Morgan fingerprint density at radius 2 is 2.05 bits per heavy atom. The Morgan fingerprint density at radius 3 is 2.75 bits per heavy atom. The van der Waals surface area contributed by atoms with Gasteiger partial charge in [-0.15, -0.1) is 0 Å². The number of nitrogens with one attached hydrogen (secondary N) is 1. The molecule has 1 aromatic rings. The Labute approximate surface area is 123 Å². The van der Waals surface area contributed by atoms with Crippen LogP contribution in [0.25, 0.3) is 0 Å². The summed E-state index contributed by atoms with van der Waals surface area (Å²) < 4.78 is 5.60. The summed E-state index contributed by atoms with van der Waals surface area (Å²) in [5.41, 5.74) is 1.29. The van der Waals surface area contributed by atoms with E-state index in [1.54, 1.807) is 0 Å². The monoisotopic (exact) mass is 276 g/mol. The minimum atomic E-state index is 0.433. The Hall–Kier alpha value is -1.09. The van der Waals surface area contributed by atoms with Gasteiger partial charge in [-0.25, -0.2) is 0 Å². The lowest BCUT2D eigenvalue weighted by atomic mass is 9.81. The Bertz CT molecular complexity index is 388. The fourth-order valence-electron chi connectivity index (χ4n) is 3.18. The van der Waals surface area contributed by atoms with Crippen LogP contribution in [0.2, 0.25) is 0 Å². The molecule has 1 aliphatic carbocycles. The van der Waals surface area contributed by atoms with Gasteiger partial charge >= 0.3 is 0 Å². The van der Waals surface area contributed by atoms with Crippen LogP contribution in [-0.4, -0.2) is 18.1 Å². The van der Waals surface area contributed by atoms with Gasteiger partial charge in [0.2, 0.25) is 0 Å². The second-order valence-electron chi connectivity index (χ2n) is 5.72. The minimum Gasteiger partial charge on any atom is -0.492 e. The van der Waals surface area contributed by atoms with E-state index in [1.807, 2.05) is 19.3 Å². The summed E-state index contributed by atoms with van der Waals surface area (Å²) in [6, 6.07) is 2.60. The molecule has 3 heteroatoms. The van der Waals surface area contributed by atoms with E-state index in [4.69, 9.17) is 4.74 Å². The van der Waals surface area contributed by atoms with Gasteiger partial charge in [0, 0.05) is 12.2 Å². The van der Waals surface area contributed by atoms with Crippen molar-refractivity contribution < 1.29 is 4.74 Å². The molecule has 112 valence electrons. The van der Waals surface area contributed by atoms with Crippen molar-refractivity contribution in [3.05, 3.63) is 24.0 Å². The highest BCUT2D eigenvalue weighted by Gasteiger charge is 2.25. The number of hydrogen-bond donors (Lipinski definition) is 1. The van der Waals surface area contributed by atoms with E-state index >= 15 is 0 Å². The second-order valence-corrected chi connectivity index (χ2v) is 5.72. The molecule has 1 heterocycles. The van der Waals surface area contributed by atoms with Crippen molar-refractivity contribution in [2.75, 3.05) is 13.2 Å². The number of rotatable bonds is 7. The van der Waals surface area contributed by atoms with Crippen molar-refractivity contribution >= 4 is 0 Å². The molecule has 0 radical (unpaired) electrons. The smallest absolute Gasteiger partial charge is 0.137 e. The summed E-state index contributed by atoms with van der Waals surface area (Å²) >= 11 is 0. The molecule has 0 amide bonds. The van der Waals surface area contributed by atoms with Crippen molar-refractivity contribution in [1.82, 2.24) is 10.3 Å². The van der Waals surface area contributed by atoms with Crippen LogP contribution in [0.5, 0.6) is 5.75 Å². The second kappa shape index (κ2) is 8.25. The summed E-state index contributed by atoms with van der Waals surface area (Å²) in [6.45, 7) is 6.00. The van der Waals surface area contributed by atoms with E-state index in [1.165, 1.54) is 44.1 Å². The summed E-state index contributed by atoms with van der Waals surface area (Å²) in [5, 5.41) is 3.73. The zero-order valence-electron chi connectivity index (χ0n) is 12.9. The van der Waals surface area contributed by atoms with Crippen molar-refractivity contribution in [1.29, 1.82) is 0 Å². The van der Waals surface area contributed by atoms with Gasteiger partial charge < -0.3 is 10.1 Å². The SMILES string of the molecule is CCCNC(c1cncc(OCC)c1)C1CCCCC1. The van der Waals surface area contributed by atoms with Gasteiger partial charge in [-0.05, 0) is 50.3 Å². The lowest BCUT2D eigenvalue weighted by Gasteiger charge is -2.31. The zero-order valence-corrected chi connectivity index (χ0v) is 12.9.